The Morgan fingerprint density at radius 1 is 1.17 bits per heavy atom. The van der Waals surface area contributed by atoms with Crippen molar-refractivity contribution in [3.05, 3.63) is 53.8 Å². The Labute approximate surface area is 174 Å². The van der Waals surface area contributed by atoms with E-state index in [9.17, 15) is 9.18 Å². The standard InChI is InChI=1S/C23H25FN2O4/c24-17-2-4-19(5-3-17)28-13-20-14-29-22-10-16(1-6-21(22)30-20)23(27)25-18-9-15-7-8-26(11-15)12-18/h1-6,10,15,18,20H,7-9,11-14H2,(H,25,27)/t15-,18+,20+/m0/s1. The van der Waals surface area contributed by atoms with Crippen molar-refractivity contribution >= 4 is 5.91 Å². The molecule has 158 valence electrons. The van der Waals surface area contributed by atoms with Crippen LogP contribution in [0.15, 0.2) is 42.5 Å². The van der Waals surface area contributed by atoms with E-state index in [-0.39, 0.29) is 30.5 Å². The molecular formula is C23H25FN2O4. The van der Waals surface area contributed by atoms with E-state index in [0.717, 1.165) is 19.5 Å². The Morgan fingerprint density at radius 2 is 2.03 bits per heavy atom. The van der Waals surface area contributed by atoms with Gasteiger partial charge in [-0.05, 0) is 67.8 Å². The van der Waals surface area contributed by atoms with Crippen molar-refractivity contribution in [2.75, 3.05) is 32.8 Å². The van der Waals surface area contributed by atoms with Gasteiger partial charge in [-0.25, -0.2) is 4.39 Å². The lowest BCUT2D eigenvalue weighted by Crippen LogP contribution is -2.47. The van der Waals surface area contributed by atoms with Gasteiger partial charge in [0.2, 0.25) is 0 Å². The lowest BCUT2D eigenvalue weighted by molar-refractivity contribution is 0.0534. The van der Waals surface area contributed by atoms with Crippen LogP contribution in [0.25, 0.3) is 0 Å². The maximum Gasteiger partial charge on any atom is 0.251 e. The first-order valence-electron chi connectivity index (χ1n) is 10.5. The van der Waals surface area contributed by atoms with Gasteiger partial charge in [-0.15, -0.1) is 0 Å². The number of halogens is 1. The SMILES string of the molecule is O=C(N[C@@H]1C[C@@H]2CCN(C2)C1)c1ccc2c(c1)OC[C@@H](COc1ccc(F)cc1)O2. The summed E-state index contributed by atoms with van der Waals surface area (Å²) in [5.74, 6) is 2.06. The molecule has 0 saturated carbocycles. The molecule has 2 bridgehead atoms. The summed E-state index contributed by atoms with van der Waals surface area (Å²) in [5, 5.41) is 3.17. The van der Waals surface area contributed by atoms with Crippen LogP contribution in [-0.4, -0.2) is 55.8 Å². The van der Waals surface area contributed by atoms with Gasteiger partial charge in [0.05, 0.1) is 0 Å². The van der Waals surface area contributed by atoms with Crippen LogP contribution in [0.1, 0.15) is 23.2 Å². The van der Waals surface area contributed by atoms with E-state index in [1.54, 1.807) is 30.3 Å². The minimum Gasteiger partial charge on any atom is -0.490 e. The van der Waals surface area contributed by atoms with Crippen LogP contribution in [0.5, 0.6) is 17.2 Å². The van der Waals surface area contributed by atoms with Gasteiger partial charge in [-0.3, -0.25) is 4.79 Å². The summed E-state index contributed by atoms with van der Waals surface area (Å²) in [7, 11) is 0. The van der Waals surface area contributed by atoms with Crippen LogP contribution in [-0.2, 0) is 0 Å². The topological polar surface area (TPSA) is 60.0 Å². The summed E-state index contributed by atoms with van der Waals surface area (Å²) < 4.78 is 30.4. The summed E-state index contributed by atoms with van der Waals surface area (Å²) in [4.78, 5) is 15.1. The third kappa shape index (κ3) is 4.21. The number of nitrogens with one attached hydrogen (secondary N) is 1. The predicted octanol–water partition coefficient (Wildman–Crippen LogP) is 2.87. The number of carbonyl (C=O) groups is 1. The van der Waals surface area contributed by atoms with Gasteiger partial charge in [0, 0.05) is 24.7 Å². The molecule has 2 saturated heterocycles. The van der Waals surface area contributed by atoms with Gasteiger partial charge < -0.3 is 24.4 Å². The monoisotopic (exact) mass is 412 g/mol. The average molecular weight is 412 g/mol. The number of hydrogen-bond acceptors (Lipinski definition) is 5. The molecule has 3 aliphatic rings. The van der Waals surface area contributed by atoms with E-state index >= 15 is 0 Å². The minimum atomic E-state index is -0.304. The van der Waals surface area contributed by atoms with Crippen molar-refractivity contribution < 1.29 is 23.4 Å². The molecular weight excluding hydrogens is 387 g/mol. The number of rotatable bonds is 5. The smallest absolute Gasteiger partial charge is 0.251 e. The fourth-order valence-corrected chi connectivity index (χ4v) is 4.49. The Morgan fingerprint density at radius 3 is 2.87 bits per heavy atom. The molecule has 4 atom stereocenters. The highest BCUT2D eigenvalue weighted by molar-refractivity contribution is 5.95. The van der Waals surface area contributed by atoms with E-state index in [4.69, 9.17) is 14.2 Å². The fraction of sp³-hybridized carbons (Fsp3) is 0.435. The molecule has 5 rings (SSSR count). The first kappa shape index (κ1) is 19.2. The third-order valence-corrected chi connectivity index (χ3v) is 5.98. The number of hydrogen-bond donors (Lipinski definition) is 1. The number of piperidine rings is 1. The van der Waals surface area contributed by atoms with Gasteiger partial charge in [0.25, 0.3) is 5.91 Å². The van der Waals surface area contributed by atoms with Gasteiger partial charge in [0.1, 0.15) is 24.8 Å². The lowest BCUT2D eigenvalue weighted by Gasteiger charge is -2.30. The Bertz CT molecular complexity index is 908. The molecule has 2 fully saturated rings. The lowest BCUT2D eigenvalue weighted by atomic mass is 9.96. The predicted molar refractivity (Wildman–Crippen MR) is 109 cm³/mol. The summed E-state index contributed by atoms with van der Waals surface area (Å²) >= 11 is 0. The van der Waals surface area contributed by atoms with E-state index < -0.39 is 0 Å². The third-order valence-electron chi connectivity index (χ3n) is 5.98. The van der Waals surface area contributed by atoms with Crippen LogP contribution < -0.4 is 19.5 Å². The number of ether oxygens (including phenoxy) is 3. The zero-order valence-corrected chi connectivity index (χ0v) is 16.7. The van der Waals surface area contributed by atoms with Crippen molar-refractivity contribution in [2.45, 2.75) is 25.0 Å². The van der Waals surface area contributed by atoms with Crippen LogP contribution in [0, 0.1) is 11.7 Å². The maximum absolute atomic E-state index is 13.0. The van der Waals surface area contributed by atoms with Crippen LogP contribution >= 0.6 is 0 Å². The molecule has 0 aliphatic carbocycles. The average Bonchev–Trinajstić information content (AvgIpc) is 3.10. The highest BCUT2D eigenvalue weighted by atomic mass is 19.1. The molecule has 2 aromatic carbocycles. The molecule has 7 heteroatoms. The first-order chi connectivity index (χ1) is 14.6. The summed E-state index contributed by atoms with van der Waals surface area (Å²) in [6.07, 6.45) is 2.01. The van der Waals surface area contributed by atoms with E-state index in [1.165, 1.54) is 25.1 Å². The molecule has 2 aromatic rings. The number of nitrogens with zero attached hydrogens (tertiary/aromatic N) is 1. The Kier molecular flexibility index (Phi) is 5.21. The van der Waals surface area contributed by atoms with E-state index in [2.05, 4.69) is 10.2 Å². The van der Waals surface area contributed by atoms with E-state index in [1.807, 2.05) is 0 Å². The maximum atomic E-state index is 13.0. The van der Waals surface area contributed by atoms with Crippen molar-refractivity contribution in [1.29, 1.82) is 0 Å². The Hall–Kier alpha value is -2.80. The molecule has 3 aliphatic heterocycles. The van der Waals surface area contributed by atoms with Crippen molar-refractivity contribution in [2.24, 2.45) is 5.92 Å². The molecule has 1 N–H and O–H groups in total. The molecule has 30 heavy (non-hydrogen) atoms. The molecule has 3 heterocycles. The second kappa shape index (κ2) is 8.14. The van der Waals surface area contributed by atoms with Crippen LogP contribution in [0.4, 0.5) is 4.39 Å². The molecule has 0 radical (unpaired) electrons. The van der Waals surface area contributed by atoms with Crippen LogP contribution in [0.3, 0.4) is 0 Å². The van der Waals surface area contributed by atoms with Crippen LogP contribution in [0.2, 0.25) is 0 Å². The summed E-state index contributed by atoms with van der Waals surface area (Å²) in [5.41, 5.74) is 0.575. The molecule has 0 aromatic heterocycles. The zero-order valence-electron chi connectivity index (χ0n) is 16.7. The van der Waals surface area contributed by atoms with Crippen molar-refractivity contribution in [3.8, 4) is 17.2 Å². The molecule has 1 unspecified atom stereocenters. The summed E-state index contributed by atoms with van der Waals surface area (Å²) in [6, 6.07) is 11.3. The molecule has 1 amide bonds. The molecule has 0 spiro atoms. The van der Waals surface area contributed by atoms with Gasteiger partial charge in [-0.1, -0.05) is 0 Å². The molecule has 6 nitrogen and oxygen atoms in total. The van der Waals surface area contributed by atoms with Crippen molar-refractivity contribution in [1.82, 2.24) is 10.2 Å². The fourth-order valence-electron chi connectivity index (χ4n) is 4.49. The quantitative estimate of drug-likeness (QED) is 0.819. The Balaban J connectivity index is 1.17. The number of fused-ring (bicyclic) bond motifs is 3. The highest BCUT2D eigenvalue weighted by Gasteiger charge is 2.33. The van der Waals surface area contributed by atoms with E-state index in [0.29, 0.717) is 35.3 Å². The first-order valence-corrected chi connectivity index (χ1v) is 10.5. The van der Waals surface area contributed by atoms with Gasteiger partial charge >= 0.3 is 0 Å². The number of carbonyl (C=O) groups excluding carboxylic acids is 1. The van der Waals surface area contributed by atoms with Crippen molar-refractivity contribution in [3.63, 3.8) is 0 Å². The van der Waals surface area contributed by atoms with Gasteiger partial charge in [0.15, 0.2) is 17.6 Å². The second-order valence-electron chi connectivity index (χ2n) is 8.30. The zero-order chi connectivity index (χ0) is 20.5. The summed E-state index contributed by atoms with van der Waals surface area (Å²) in [6.45, 7) is 3.85. The minimum absolute atomic E-state index is 0.0735. The number of amides is 1. The highest BCUT2D eigenvalue weighted by Crippen LogP contribution is 2.33. The normalized spacial score (nSPS) is 26.8. The van der Waals surface area contributed by atoms with Gasteiger partial charge in [-0.2, -0.15) is 0 Å². The second-order valence-corrected chi connectivity index (χ2v) is 8.30. The number of benzene rings is 2. The largest absolute Gasteiger partial charge is 0.490 e.